The number of carbonyl (C=O) groups is 2. The number of hydrogen-bond acceptors (Lipinski definition) is 4. The average molecular weight is 498 g/mol. The van der Waals surface area contributed by atoms with Crippen molar-refractivity contribution in [1.82, 2.24) is 10.3 Å². The van der Waals surface area contributed by atoms with Gasteiger partial charge in [0.15, 0.2) is 0 Å². The maximum atomic E-state index is 14.1. The summed E-state index contributed by atoms with van der Waals surface area (Å²) in [6, 6.07) is 18.8. The van der Waals surface area contributed by atoms with E-state index >= 15 is 0 Å². The Morgan fingerprint density at radius 2 is 1.75 bits per heavy atom. The van der Waals surface area contributed by atoms with Crippen molar-refractivity contribution < 1.29 is 9.59 Å². The molecular formula is C30H31N3O2S. The summed E-state index contributed by atoms with van der Waals surface area (Å²) >= 11 is 1.39. The summed E-state index contributed by atoms with van der Waals surface area (Å²) in [4.78, 5) is 34.9. The summed E-state index contributed by atoms with van der Waals surface area (Å²) in [6.45, 7) is 4.03. The van der Waals surface area contributed by atoms with E-state index in [9.17, 15) is 9.59 Å². The molecule has 5 nitrogen and oxygen atoms in total. The summed E-state index contributed by atoms with van der Waals surface area (Å²) in [6.07, 6.45) is 7.15. The third kappa shape index (κ3) is 5.19. The van der Waals surface area contributed by atoms with E-state index in [1.165, 1.54) is 17.8 Å². The van der Waals surface area contributed by atoms with Gasteiger partial charge < -0.3 is 5.32 Å². The van der Waals surface area contributed by atoms with Crippen LogP contribution in [0.1, 0.15) is 64.5 Å². The van der Waals surface area contributed by atoms with Crippen molar-refractivity contribution >= 4 is 39.7 Å². The van der Waals surface area contributed by atoms with E-state index in [1.54, 1.807) is 11.1 Å². The van der Waals surface area contributed by atoms with Crippen molar-refractivity contribution in [2.45, 2.75) is 58.0 Å². The summed E-state index contributed by atoms with van der Waals surface area (Å²) in [5.41, 5.74) is 4.44. The van der Waals surface area contributed by atoms with Gasteiger partial charge in [0.1, 0.15) is 6.04 Å². The number of nitrogens with one attached hydrogen (secondary N) is 1. The predicted molar refractivity (Wildman–Crippen MR) is 147 cm³/mol. The van der Waals surface area contributed by atoms with Gasteiger partial charge in [0.2, 0.25) is 5.91 Å². The first-order valence-corrected chi connectivity index (χ1v) is 13.5. The zero-order valence-electron chi connectivity index (χ0n) is 20.7. The number of fused-ring (bicyclic) bond motifs is 1. The molecule has 0 saturated heterocycles. The Kier molecular flexibility index (Phi) is 7.14. The number of pyridine rings is 1. The number of carbonyl (C=O) groups excluding carboxylic acids is 2. The standard InChI is InChI=1S/C30H31N3O2S/c1-20-16-21(2)18-25(17-20)33(30(35)27-11-7-15-36-27)28(29(34)32-24-9-4-3-5-10-24)23-12-13-26-22(19-23)8-6-14-31-26/h6-8,11-19,24,28H,3-5,9-10H2,1-2H3,(H,32,34)/t28-/m0/s1. The minimum atomic E-state index is -0.813. The van der Waals surface area contributed by atoms with Crippen molar-refractivity contribution in [3.8, 4) is 0 Å². The quantitative estimate of drug-likeness (QED) is 0.320. The Balaban J connectivity index is 1.65. The fourth-order valence-corrected chi connectivity index (χ4v) is 5.86. The molecule has 0 aliphatic heterocycles. The lowest BCUT2D eigenvalue weighted by Gasteiger charge is -2.33. The maximum Gasteiger partial charge on any atom is 0.269 e. The molecule has 36 heavy (non-hydrogen) atoms. The molecule has 0 spiro atoms. The number of hydrogen-bond donors (Lipinski definition) is 1. The SMILES string of the molecule is Cc1cc(C)cc(N(C(=O)c2cccs2)[C@H](C(=O)NC2CCCCC2)c2ccc3ncccc3c2)c1. The van der Waals surface area contributed by atoms with Crippen LogP contribution in [0.5, 0.6) is 0 Å². The first kappa shape index (κ1) is 24.2. The van der Waals surface area contributed by atoms with Gasteiger partial charge in [-0.2, -0.15) is 0 Å². The normalized spacial score (nSPS) is 14.9. The predicted octanol–water partition coefficient (Wildman–Crippen LogP) is 6.75. The van der Waals surface area contributed by atoms with Crippen LogP contribution in [0.15, 0.2) is 72.2 Å². The van der Waals surface area contributed by atoms with Crippen molar-refractivity contribution in [3.05, 3.63) is 93.8 Å². The molecule has 5 rings (SSSR count). The van der Waals surface area contributed by atoms with Crippen LogP contribution < -0.4 is 10.2 Å². The largest absolute Gasteiger partial charge is 0.351 e. The molecule has 1 aliphatic rings. The highest BCUT2D eigenvalue weighted by Crippen LogP contribution is 2.33. The van der Waals surface area contributed by atoms with E-state index in [1.807, 2.05) is 73.8 Å². The number of nitrogens with zero attached hydrogens (tertiary/aromatic N) is 2. The zero-order chi connectivity index (χ0) is 25.1. The average Bonchev–Trinajstić information content (AvgIpc) is 3.42. The Morgan fingerprint density at radius 3 is 2.47 bits per heavy atom. The molecule has 2 heterocycles. The van der Waals surface area contributed by atoms with Crippen molar-refractivity contribution in [2.75, 3.05) is 4.90 Å². The molecule has 184 valence electrons. The molecule has 2 amide bonds. The number of aromatic nitrogens is 1. The van der Waals surface area contributed by atoms with Crippen molar-refractivity contribution in [2.24, 2.45) is 0 Å². The topological polar surface area (TPSA) is 62.3 Å². The third-order valence-corrected chi connectivity index (χ3v) is 7.69. The van der Waals surface area contributed by atoms with Crippen LogP contribution in [0.25, 0.3) is 10.9 Å². The zero-order valence-corrected chi connectivity index (χ0v) is 21.6. The Hall–Kier alpha value is -3.51. The molecule has 0 radical (unpaired) electrons. The van der Waals surface area contributed by atoms with Crippen LogP contribution in [0.2, 0.25) is 0 Å². The summed E-state index contributed by atoms with van der Waals surface area (Å²) in [7, 11) is 0. The van der Waals surface area contributed by atoms with Gasteiger partial charge in [0, 0.05) is 23.3 Å². The molecule has 1 aliphatic carbocycles. The highest BCUT2D eigenvalue weighted by atomic mass is 32.1. The molecule has 1 atom stereocenters. The Bertz CT molecular complexity index is 1360. The smallest absolute Gasteiger partial charge is 0.269 e. The van der Waals surface area contributed by atoms with Gasteiger partial charge in [-0.15, -0.1) is 11.3 Å². The Labute approximate surface area is 216 Å². The minimum Gasteiger partial charge on any atom is -0.351 e. The van der Waals surface area contributed by atoms with Gasteiger partial charge in [0.05, 0.1) is 10.4 Å². The lowest BCUT2D eigenvalue weighted by atomic mass is 9.94. The molecule has 4 aromatic rings. The van der Waals surface area contributed by atoms with Crippen LogP contribution in [-0.2, 0) is 4.79 Å². The summed E-state index contributed by atoms with van der Waals surface area (Å²) in [5, 5.41) is 6.13. The number of rotatable bonds is 6. The van der Waals surface area contributed by atoms with Crippen LogP contribution in [-0.4, -0.2) is 22.8 Å². The minimum absolute atomic E-state index is 0.133. The number of aryl methyl sites for hydroxylation is 2. The molecule has 1 saturated carbocycles. The van der Waals surface area contributed by atoms with Gasteiger partial charge in [-0.1, -0.05) is 43.5 Å². The van der Waals surface area contributed by atoms with Gasteiger partial charge in [-0.25, -0.2) is 0 Å². The van der Waals surface area contributed by atoms with Gasteiger partial charge in [-0.05, 0) is 85.2 Å². The lowest BCUT2D eigenvalue weighted by molar-refractivity contribution is -0.123. The third-order valence-electron chi connectivity index (χ3n) is 6.84. The fourth-order valence-electron chi connectivity index (χ4n) is 5.20. The number of anilines is 1. The molecule has 2 aromatic carbocycles. The number of thiophene rings is 1. The monoisotopic (exact) mass is 497 g/mol. The van der Waals surface area contributed by atoms with E-state index < -0.39 is 6.04 Å². The van der Waals surface area contributed by atoms with Crippen LogP contribution in [0.3, 0.4) is 0 Å². The van der Waals surface area contributed by atoms with Crippen LogP contribution in [0.4, 0.5) is 5.69 Å². The number of benzene rings is 2. The van der Waals surface area contributed by atoms with Gasteiger partial charge in [0.25, 0.3) is 5.91 Å². The first-order valence-electron chi connectivity index (χ1n) is 12.6. The fraction of sp³-hybridized carbons (Fsp3) is 0.300. The second-order valence-electron chi connectivity index (χ2n) is 9.70. The van der Waals surface area contributed by atoms with E-state index in [0.29, 0.717) is 4.88 Å². The van der Waals surface area contributed by atoms with Crippen LogP contribution in [0, 0.1) is 13.8 Å². The molecule has 0 unspecified atom stereocenters. The highest BCUT2D eigenvalue weighted by Gasteiger charge is 2.35. The van der Waals surface area contributed by atoms with Crippen molar-refractivity contribution in [3.63, 3.8) is 0 Å². The Morgan fingerprint density at radius 1 is 0.972 bits per heavy atom. The molecule has 1 N–H and O–H groups in total. The summed E-state index contributed by atoms with van der Waals surface area (Å²) in [5.74, 6) is -0.320. The molecule has 2 aromatic heterocycles. The molecular weight excluding hydrogens is 466 g/mol. The van der Waals surface area contributed by atoms with Gasteiger partial charge >= 0.3 is 0 Å². The van der Waals surface area contributed by atoms with Crippen LogP contribution >= 0.6 is 11.3 Å². The molecule has 6 heteroatoms. The highest BCUT2D eigenvalue weighted by molar-refractivity contribution is 7.12. The van der Waals surface area contributed by atoms with Crippen molar-refractivity contribution in [1.29, 1.82) is 0 Å². The maximum absolute atomic E-state index is 14.1. The van der Waals surface area contributed by atoms with E-state index in [2.05, 4.69) is 16.4 Å². The van der Waals surface area contributed by atoms with E-state index in [4.69, 9.17) is 0 Å². The second kappa shape index (κ2) is 10.6. The van der Waals surface area contributed by atoms with E-state index in [-0.39, 0.29) is 17.9 Å². The molecule has 0 bridgehead atoms. The van der Waals surface area contributed by atoms with Gasteiger partial charge in [-0.3, -0.25) is 19.5 Å². The second-order valence-corrected chi connectivity index (χ2v) is 10.6. The number of amides is 2. The summed E-state index contributed by atoms with van der Waals surface area (Å²) < 4.78 is 0. The first-order chi connectivity index (χ1) is 17.5. The molecule has 1 fully saturated rings. The van der Waals surface area contributed by atoms with E-state index in [0.717, 1.165) is 59.0 Å². The lowest BCUT2D eigenvalue weighted by Crippen LogP contribution is -2.47.